The summed E-state index contributed by atoms with van der Waals surface area (Å²) in [4.78, 5) is 3.52. The maximum Gasteiger partial charge on any atom is 0.107 e. The molecule has 3 N–H and O–H groups in total. The van der Waals surface area contributed by atoms with Crippen LogP contribution in [0.4, 0.5) is 0 Å². The summed E-state index contributed by atoms with van der Waals surface area (Å²) < 4.78 is 0. The molecule has 1 aliphatic rings. The summed E-state index contributed by atoms with van der Waals surface area (Å²) in [6.07, 6.45) is 2.30. The Labute approximate surface area is 87.1 Å². The number of thiocarbonyl (C=S) groups is 1. The van der Waals surface area contributed by atoms with Crippen LogP contribution in [0, 0.1) is 0 Å². The van der Waals surface area contributed by atoms with Crippen LogP contribution in [0.5, 0.6) is 0 Å². The summed E-state index contributed by atoms with van der Waals surface area (Å²) in [5.74, 6) is 0. The minimum Gasteiger partial charge on any atom is -0.376 e. The molecule has 0 fully saturated rings. The van der Waals surface area contributed by atoms with Crippen LogP contribution in [-0.2, 0) is 13.0 Å². The highest BCUT2D eigenvalue weighted by molar-refractivity contribution is 7.80. The normalized spacial score (nSPS) is 16.2. The van der Waals surface area contributed by atoms with Crippen LogP contribution in [0.25, 0.3) is 0 Å². The van der Waals surface area contributed by atoms with Gasteiger partial charge in [-0.2, -0.15) is 0 Å². The smallest absolute Gasteiger partial charge is 0.107 e. The van der Waals surface area contributed by atoms with Gasteiger partial charge in [0.1, 0.15) is 4.99 Å². The van der Waals surface area contributed by atoms with Gasteiger partial charge in [-0.3, -0.25) is 0 Å². The van der Waals surface area contributed by atoms with Crippen molar-refractivity contribution in [2.75, 3.05) is 6.54 Å². The highest BCUT2D eigenvalue weighted by Crippen LogP contribution is 2.25. The number of nitrogens with two attached hydrogens (primary N) is 1. The lowest BCUT2D eigenvalue weighted by Gasteiger charge is -2.00. The SMILES string of the molecule is NCc1cc2c(s1)CCCNC2=S. The standard InChI is InChI=1S/C9H12N2S2/c10-5-6-4-7-8(13-6)2-1-3-11-9(7)12/h4H,1-3,5,10H2,(H,11,12). The van der Waals surface area contributed by atoms with Crippen LogP contribution in [0.2, 0.25) is 0 Å². The predicted octanol–water partition coefficient (Wildman–Crippen LogP) is 1.42. The molecular formula is C9H12N2S2. The third kappa shape index (κ3) is 1.75. The Morgan fingerprint density at radius 3 is 3.23 bits per heavy atom. The molecule has 0 saturated heterocycles. The van der Waals surface area contributed by atoms with E-state index in [0.717, 1.165) is 24.4 Å². The number of hydrogen-bond acceptors (Lipinski definition) is 3. The zero-order valence-corrected chi connectivity index (χ0v) is 8.93. The van der Waals surface area contributed by atoms with Crippen molar-refractivity contribution in [2.24, 2.45) is 5.73 Å². The Kier molecular flexibility index (Phi) is 2.62. The summed E-state index contributed by atoms with van der Waals surface area (Å²) in [6, 6.07) is 2.13. The Morgan fingerprint density at radius 2 is 2.46 bits per heavy atom. The third-order valence-electron chi connectivity index (χ3n) is 2.17. The quantitative estimate of drug-likeness (QED) is 0.691. The van der Waals surface area contributed by atoms with E-state index in [-0.39, 0.29) is 0 Å². The van der Waals surface area contributed by atoms with Crippen LogP contribution in [-0.4, -0.2) is 11.5 Å². The molecule has 0 amide bonds. The lowest BCUT2D eigenvalue weighted by atomic mass is 10.2. The molecule has 0 aromatic carbocycles. The van der Waals surface area contributed by atoms with E-state index in [1.165, 1.54) is 15.3 Å². The van der Waals surface area contributed by atoms with Gasteiger partial charge in [-0.15, -0.1) is 11.3 Å². The van der Waals surface area contributed by atoms with Crippen LogP contribution in [0.3, 0.4) is 0 Å². The second kappa shape index (κ2) is 3.74. The van der Waals surface area contributed by atoms with Crippen molar-refractivity contribution in [3.63, 3.8) is 0 Å². The zero-order valence-electron chi connectivity index (χ0n) is 7.30. The molecule has 2 nitrogen and oxygen atoms in total. The van der Waals surface area contributed by atoms with Crippen molar-refractivity contribution in [1.82, 2.24) is 5.32 Å². The Balaban J connectivity index is 2.39. The number of rotatable bonds is 1. The average molecular weight is 212 g/mol. The van der Waals surface area contributed by atoms with Crippen LogP contribution >= 0.6 is 23.6 Å². The molecule has 0 aliphatic carbocycles. The maximum atomic E-state index is 5.59. The zero-order chi connectivity index (χ0) is 9.26. The summed E-state index contributed by atoms with van der Waals surface area (Å²) in [5.41, 5.74) is 6.80. The van der Waals surface area contributed by atoms with Gasteiger partial charge in [-0.05, 0) is 18.9 Å². The molecular weight excluding hydrogens is 200 g/mol. The summed E-state index contributed by atoms with van der Waals surface area (Å²) in [5, 5.41) is 3.24. The van der Waals surface area contributed by atoms with Crippen molar-refractivity contribution >= 4 is 28.5 Å². The Morgan fingerprint density at radius 1 is 1.62 bits per heavy atom. The topological polar surface area (TPSA) is 38.0 Å². The van der Waals surface area contributed by atoms with Gasteiger partial charge in [0.15, 0.2) is 0 Å². The molecule has 0 atom stereocenters. The average Bonchev–Trinajstić information content (AvgIpc) is 2.48. The van der Waals surface area contributed by atoms with Gasteiger partial charge in [0.25, 0.3) is 0 Å². The molecule has 0 saturated carbocycles. The fraction of sp³-hybridized carbons (Fsp3) is 0.444. The molecule has 0 radical (unpaired) electrons. The first kappa shape index (κ1) is 9.12. The van der Waals surface area contributed by atoms with Gasteiger partial charge in [-0.1, -0.05) is 12.2 Å². The van der Waals surface area contributed by atoms with E-state index in [1.807, 2.05) is 0 Å². The summed E-state index contributed by atoms with van der Waals surface area (Å²) in [7, 11) is 0. The first-order valence-corrected chi connectivity index (χ1v) is 5.63. The van der Waals surface area contributed by atoms with Crippen molar-refractivity contribution in [2.45, 2.75) is 19.4 Å². The molecule has 2 rings (SSSR count). The van der Waals surface area contributed by atoms with Gasteiger partial charge in [0.2, 0.25) is 0 Å². The maximum absolute atomic E-state index is 5.59. The van der Waals surface area contributed by atoms with Crippen molar-refractivity contribution < 1.29 is 0 Å². The molecule has 1 aromatic rings. The second-order valence-corrected chi connectivity index (χ2v) is 4.74. The number of aryl methyl sites for hydroxylation is 1. The van der Waals surface area contributed by atoms with E-state index in [0.29, 0.717) is 6.54 Å². The highest BCUT2D eigenvalue weighted by atomic mass is 32.1. The first-order chi connectivity index (χ1) is 6.31. The molecule has 1 aliphatic heterocycles. The number of hydrogen-bond donors (Lipinski definition) is 2. The number of thiophene rings is 1. The van der Waals surface area contributed by atoms with Crippen LogP contribution in [0.1, 0.15) is 21.7 Å². The molecule has 0 spiro atoms. The first-order valence-electron chi connectivity index (χ1n) is 4.41. The van der Waals surface area contributed by atoms with Gasteiger partial charge in [0, 0.05) is 28.4 Å². The van der Waals surface area contributed by atoms with Gasteiger partial charge in [-0.25, -0.2) is 0 Å². The lowest BCUT2D eigenvalue weighted by Crippen LogP contribution is -2.21. The largest absolute Gasteiger partial charge is 0.376 e. The van der Waals surface area contributed by atoms with E-state index in [1.54, 1.807) is 11.3 Å². The van der Waals surface area contributed by atoms with Gasteiger partial charge < -0.3 is 11.1 Å². The Hall–Kier alpha value is -0.450. The fourth-order valence-corrected chi connectivity index (χ4v) is 2.95. The van der Waals surface area contributed by atoms with E-state index in [4.69, 9.17) is 18.0 Å². The third-order valence-corrected chi connectivity index (χ3v) is 3.75. The molecule has 0 unspecified atom stereocenters. The van der Waals surface area contributed by atoms with E-state index >= 15 is 0 Å². The number of fused-ring (bicyclic) bond motifs is 1. The minimum atomic E-state index is 0.625. The highest BCUT2D eigenvalue weighted by Gasteiger charge is 2.14. The molecule has 0 bridgehead atoms. The lowest BCUT2D eigenvalue weighted by molar-refractivity contribution is 0.800. The van der Waals surface area contributed by atoms with Crippen molar-refractivity contribution in [1.29, 1.82) is 0 Å². The minimum absolute atomic E-state index is 0.625. The summed E-state index contributed by atoms with van der Waals surface area (Å²) in [6.45, 7) is 1.62. The van der Waals surface area contributed by atoms with Gasteiger partial charge in [0.05, 0.1) is 0 Å². The molecule has 1 aromatic heterocycles. The van der Waals surface area contributed by atoms with Gasteiger partial charge >= 0.3 is 0 Å². The fourth-order valence-electron chi connectivity index (χ4n) is 1.51. The van der Waals surface area contributed by atoms with E-state index < -0.39 is 0 Å². The molecule has 2 heterocycles. The predicted molar refractivity (Wildman–Crippen MR) is 60.2 cm³/mol. The van der Waals surface area contributed by atoms with Crippen LogP contribution in [0.15, 0.2) is 6.07 Å². The Bertz CT molecular complexity index is 330. The monoisotopic (exact) mass is 212 g/mol. The molecule has 4 heteroatoms. The van der Waals surface area contributed by atoms with E-state index in [2.05, 4.69) is 11.4 Å². The van der Waals surface area contributed by atoms with E-state index in [9.17, 15) is 0 Å². The molecule has 13 heavy (non-hydrogen) atoms. The van der Waals surface area contributed by atoms with Crippen molar-refractivity contribution in [3.05, 3.63) is 21.4 Å². The van der Waals surface area contributed by atoms with Crippen LogP contribution < -0.4 is 11.1 Å². The summed E-state index contributed by atoms with van der Waals surface area (Å²) >= 11 is 7.06. The van der Waals surface area contributed by atoms with Crippen molar-refractivity contribution in [3.8, 4) is 0 Å². The second-order valence-electron chi connectivity index (χ2n) is 3.11. The number of nitrogens with one attached hydrogen (secondary N) is 1. The molecule has 70 valence electrons.